The van der Waals surface area contributed by atoms with Crippen LogP contribution in [-0.2, 0) is 4.74 Å². The molecule has 0 aliphatic carbocycles. The maximum absolute atomic E-state index is 12.5. The number of benzene rings is 2. The van der Waals surface area contributed by atoms with Gasteiger partial charge in [0.15, 0.2) is 0 Å². The van der Waals surface area contributed by atoms with E-state index in [-0.39, 0.29) is 12.0 Å². The van der Waals surface area contributed by atoms with E-state index in [1.54, 1.807) is 12.1 Å². The Hall–Kier alpha value is -3.06. The summed E-state index contributed by atoms with van der Waals surface area (Å²) in [6.45, 7) is 9.52. The van der Waals surface area contributed by atoms with Crippen LogP contribution in [0.25, 0.3) is 0 Å². The second-order valence-corrected chi connectivity index (χ2v) is 9.36. The fourth-order valence-electron chi connectivity index (χ4n) is 3.68. The zero-order valence-corrected chi connectivity index (χ0v) is 19.8. The van der Waals surface area contributed by atoms with Gasteiger partial charge in [0.1, 0.15) is 17.1 Å². The van der Waals surface area contributed by atoms with Crippen molar-refractivity contribution in [2.24, 2.45) is 5.92 Å². The summed E-state index contributed by atoms with van der Waals surface area (Å²) < 4.78 is 11.0. The van der Waals surface area contributed by atoms with Crippen LogP contribution in [0, 0.1) is 5.92 Å². The van der Waals surface area contributed by atoms with Crippen LogP contribution in [0.1, 0.15) is 44.0 Å². The summed E-state index contributed by atoms with van der Waals surface area (Å²) in [5.41, 5.74) is 0.145. The lowest BCUT2D eigenvalue weighted by atomic mass is 9.96. The fraction of sp³-hybridized carbons (Fsp3) is 0.462. The highest BCUT2D eigenvalue weighted by Gasteiger charge is 2.20. The molecule has 2 amide bonds. The Morgan fingerprint density at radius 1 is 0.939 bits per heavy atom. The summed E-state index contributed by atoms with van der Waals surface area (Å²) in [5.74, 6) is 1.86. The van der Waals surface area contributed by atoms with Gasteiger partial charge in [-0.3, -0.25) is 4.79 Å². The van der Waals surface area contributed by atoms with Gasteiger partial charge in [0.05, 0.1) is 0 Å². The van der Waals surface area contributed by atoms with E-state index in [2.05, 4.69) is 15.5 Å². The first-order valence-electron chi connectivity index (χ1n) is 11.6. The highest BCUT2D eigenvalue weighted by atomic mass is 16.6. The summed E-state index contributed by atoms with van der Waals surface area (Å²) >= 11 is 0. The molecule has 0 saturated carbocycles. The van der Waals surface area contributed by atoms with Crippen molar-refractivity contribution >= 4 is 12.0 Å². The van der Waals surface area contributed by atoms with Gasteiger partial charge in [-0.2, -0.15) is 0 Å². The van der Waals surface area contributed by atoms with Crippen molar-refractivity contribution in [1.29, 1.82) is 0 Å². The van der Waals surface area contributed by atoms with E-state index in [1.807, 2.05) is 63.2 Å². The van der Waals surface area contributed by atoms with Gasteiger partial charge >= 0.3 is 6.09 Å². The lowest BCUT2D eigenvalue weighted by Gasteiger charge is -2.32. The van der Waals surface area contributed by atoms with E-state index < -0.39 is 5.60 Å². The molecule has 3 rings (SSSR count). The molecule has 1 heterocycles. The average Bonchev–Trinajstić information content (AvgIpc) is 2.78. The van der Waals surface area contributed by atoms with Gasteiger partial charge in [0, 0.05) is 25.2 Å². The number of piperidine rings is 1. The molecule has 1 aliphatic heterocycles. The molecule has 1 saturated heterocycles. The number of carbonyl (C=O) groups is 2. The first-order chi connectivity index (χ1) is 15.8. The number of ether oxygens (including phenoxy) is 2. The van der Waals surface area contributed by atoms with Crippen LogP contribution in [-0.4, -0.2) is 55.2 Å². The van der Waals surface area contributed by atoms with Crippen LogP contribution in [0.15, 0.2) is 54.6 Å². The van der Waals surface area contributed by atoms with Gasteiger partial charge in [0.2, 0.25) is 0 Å². The van der Waals surface area contributed by atoms with E-state index in [0.717, 1.165) is 38.2 Å². The molecule has 0 spiro atoms. The Balaban J connectivity index is 1.32. The minimum absolute atomic E-state index is 0.0646. The van der Waals surface area contributed by atoms with Crippen molar-refractivity contribution in [2.75, 3.05) is 32.7 Å². The molecule has 0 unspecified atom stereocenters. The number of para-hydroxylation sites is 1. The molecule has 2 aromatic rings. The van der Waals surface area contributed by atoms with Crippen molar-refractivity contribution in [3.63, 3.8) is 0 Å². The number of amides is 2. The minimum Gasteiger partial charge on any atom is -0.457 e. The topological polar surface area (TPSA) is 79.9 Å². The summed E-state index contributed by atoms with van der Waals surface area (Å²) in [4.78, 5) is 26.6. The molecule has 2 aromatic carbocycles. The van der Waals surface area contributed by atoms with Crippen molar-refractivity contribution in [3.8, 4) is 11.5 Å². The van der Waals surface area contributed by atoms with E-state index >= 15 is 0 Å². The zero-order chi connectivity index (χ0) is 23.7. The molecule has 7 heteroatoms. The van der Waals surface area contributed by atoms with Crippen LogP contribution >= 0.6 is 0 Å². The second-order valence-electron chi connectivity index (χ2n) is 9.36. The Morgan fingerprint density at radius 3 is 2.21 bits per heavy atom. The molecule has 0 atom stereocenters. The third-order valence-electron chi connectivity index (χ3n) is 5.45. The Bertz CT molecular complexity index is 886. The molecule has 7 nitrogen and oxygen atoms in total. The van der Waals surface area contributed by atoms with Crippen LogP contribution in [0.2, 0.25) is 0 Å². The quantitative estimate of drug-likeness (QED) is 0.618. The SMILES string of the molecule is CC(C)(C)OC(=O)NCCN1CCC(CNC(=O)c2ccc(Oc3ccccc3)cc2)CC1. The van der Waals surface area contributed by atoms with Crippen molar-refractivity contribution in [1.82, 2.24) is 15.5 Å². The number of rotatable bonds is 8. The number of likely N-dealkylation sites (tertiary alicyclic amines) is 1. The predicted molar refractivity (Wildman–Crippen MR) is 129 cm³/mol. The maximum Gasteiger partial charge on any atom is 0.407 e. The molecule has 1 aliphatic rings. The first kappa shape index (κ1) is 24.6. The predicted octanol–water partition coefficient (Wildman–Crippen LogP) is 4.45. The van der Waals surface area contributed by atoms with Crippen LogP contribution in [0.4, 0.5) is 4.79 Å². The molecular formula is C26H35N3O4. The highest BCUT2D eigenvalue weighted by molar-refractivity contribution is 5.94. The molecule has 2 N–H and O–H groups in total. The largest absolute Gasteiger partial charge is 0.457 e. The van der Waals surface area contributed by atoms with Crippen molar-refractivity contribution in [2.45, 2.75) is 39.2 Å². The third-order valence-corrected chi connectivity index (χ3v) is 5.45. The van der Waals surface area contributed by atoms with Crippen molar-refractivity contribution < 1.29 is 19.1 Å². The summed E-state index contributed by atoms with van der Waals surface area (Å²) in [5, 5.41) is 5.87. The van der Waals surface area contributed by atoms with Gasteiger partial charge in [-0.25, -0.2) is 4.79 Å². The van der Waals surface area contributed by atoms with Crippen molar-refractivity contribution in [3.05, 3.63) is 60.2 Å². The smallest absolute Gasteiger partial charge is 0.407 e. The number of hydrogen-bond donors (Lipinski definition) is 2. The van der Waals surface area contributed by atoms with E-state index in [4.69, 9.17) is 9.47 Å². The lowest BCUT2D eigenvalue weighted by Crippen LogP contribution is -2.42. The molecule has 0 aromatic heterocycles. The number of alkyl carbamates (subject to hydrolysis) is 1. The summed E-state index contributed by atoms with van der Waals surface area (Å²) in [7, 11) is 0. The number of nitrogens with zero attached hydrogens (tertiary/aromatic N) is 1. The van der Waals surface area contributed by atoms with Gasteiger partial charge in [-0.05, 0) is 89.0 Å². The van der Waals surface area contributed by atoms with E-state index in [0.29, 0.717) is 30.3 Å². The Kier molecular flexibility index (Phi) is 8.72. The number of nitrogens with one attached hydrogen (secondary N) is 2. The van der Waals surface area contributed by atoms with Crippen LogP contribution in [0.5, 0.6) is 11.5 Å². The monoisotopic (exact) mass is 453 g/mol. The first-order valence-corrected chi connectivity index (χ1v) is 11.6. The van der Waals surface area contributed by atoms with Crippen LogP contribution in [0.3, 0.4) is 0 Å². The van der Waals surface area contributed by atoms with Gasteiger partial charge in [-0.15, -0.1) is 0 Å². The Labute approximate surface area is 196 Å². The van der Waals surface area contributed by atoms with E-state index in [1.165, 1.54) is 0 Å². The third kappa shape index (κ3) is 8.77. The maximum atomic E-state index is 12.5. The van der Waals surface area contributed by atoms with Gasteiger partial charge < -0.3 is 25.0 Å². The standard InChI is InChI=1S/C26H35N3O4/c1-26(2,3)33-25(31)27-15-18-29-16-13-20(14-17-29)19-28-24(30)21-9-11-23(12-10-21)32-22-7-5-4-6-8-22/h4-12,20H,13-19H2,1-3H3,(H,27,31)(H,28,30). The minimum atomic E-state index is -0.481. The molecule has 0 radical (unpaired) electrons. The Morgan fingerprint density at radius 2 is 1.58 bits per heavy atom. The number of carbonyl (C=O) groups excluding carboxylic acids is 2. The zero-order valence-electron chi connectivity index (χ0n) is 19.8. The molecular weight excluding hydrogens is 418 g/mol. The molecule has 33 heavy (non-hydrogen) atoms. The summed E-state index contributed by atoms with van der Waals surface area (Å²) in [6.07, 6.45) is 1.67. The second kappa shape index (κ2) is 11.7. The number of hydrogen-bond acceptors (Lipinski definition) is 5. The molecule has 1 fully saturated rings. The van der Waals surface area contributed by atoms with Gasteiger partial charge in [-0.1, -0.05) is 18.2 Å². The molecule has 0 bridgehead atoms. The van der Waals surface area contributed by atoms with E-state index in [9.17, 15) is 9.59 Å². The average molecular weight is 454 g/mol. The fourth-order valence-corrected chi connectivity index (χ4v) is 3.68. The normalized spacial score (nSPS) is 15.0. The summed E-state index contributed by atoms with van der Waals surface area (Å²) in [6, 6.07) is 16.8. The van der Waals surface area contributed by atoms with Gasteiger partial charge in [0.25, 0.3) is 5.91 Å². The lowest BCUT2D eigenvalue weighted by molar-refractivity contribution is 0.0519. The van der Waals surface area contributed by atoms with Crippen LogP contribution < -0.4 is 15.4 Å². The molecule has 178 valence electrons. The highest BCUT2D eigenvalue weighted by Crippen LogP contribution is 2.21.